The number of nitrogens with zero attached hydrogens (tertiary/aromatic N) is 1. The van der Waals surface area contributed by atoms with Crippen molar-refractivity contribution in [1.82, 2.24) is 10.2 Å². The number of hydrogen-bond acceptors (Lipinski definition) is 2. The predicted octanol–water partition coefficient (Wildman–Crippen LogP) is 3.13. The van der Waals surface area contributed by atoms with E-state index in [1.165, 1.54) is 45.3 Å². The van der Waals surface area contributed by atoms with Gasteiger partial charge in [0.1, 0.15) is 0 Å². The minimum Gasteiger partial charge on any atom is -0.315 e. The van der Waals surface area contributed by atoms with Crippen LogP contribution < -0.4 is 5.32 Å². The van der Waals surface area contributed by atoms with Gasteiger partial charge in [-0.1, -0.05) is 34.1 Å². The lowest BCUT2D eigenvalue weighted by Crippen LogP contribution is -2.32. The summed E-state index contributed by atoms with van der Waals surface area (Å²) in [7, 11) is 0. The summed E-state index contributed by atoms with van der Waals surface area (Å²) in [5.74, 6) is 0.981. The van der Waals surface area contributed by atoms with E-state index in [0.717, 1.165) is 19.0 Å². The summed E-state index contributed by atoms with van der Waals surface area (Å²) in [5, 5.41) is 3.57. The van der Waals surface area contributed by atoms with Gasteiger partial charge in [0.05, 0.1) is 0 Å². The molecule has 0 aromatic rings. The van der Waals surface area contributed by atoms with E-state index < -0.39 is 0 Å². The molecule has 1 atom stereocenters. The van der Waals surface area contributed by atoms with Crippen LogP contribution in [0.4, 0.5) is 0 Å². The normalized spacial score (nSPS) is 22.2. The molecular formula is C15H32N2. The maximum Gasteiger partial charge on any atom is 0.0107 e. The highest BCUT2D eigenvalue weighted by molar-refractivity contribution is 4.75. The molecule has 0 aliphatic carbocycles. The lowest BCUT2D eigenvalue weighted by atomic mass is 9.92. The maximum absolute atomic E-state index is 3.57. The summed E-state index contributed by atoms with van der Waals surface area (Å²) < 4.78 is 0. The Kier molecular flexibility index (Phi) is 6.50. The number of nitrogens with one attached hydrogen (secondary N) is 1. The van der Waals surface area contributed by atoms with Gasteiger partial charge in [-0.2, -0.15) is 0 Å². The van der Waals surface area contributed by atoms with E-state index in [1.54, 1.807) is 0 Å². The SMILES string of the molecule is CCCC1CCN(CCNCCC(C)(C)C)C1. The second kappa shape index (κ2) is 7.38. The lowest BCUT2D eigenvalue weighted by Gasteiger charge is -2.20. The van der Waals surface area contributed by atoms with Gasteiger partial charge in [0.2, 0.25) is 0 Å². The van der Waals surface area contributed by atoms with Crippen molar-refractivity contribution in [3.8, 4) is 0 Å². The van der Waals surface area contributed by atoms with Gasteiger partial charge in [-0.25, -0.2) is 0 Å². The molecule has 1 aliphatic rings. The highest BCUT2D eigenvalue weighted by Crippen LogP contribution is 2.20. The van der Waals surface area contributed by atoms with Crippen molar-refractivity contribution in [1.29, 1.82) is 0 Å². The molecule has 0 bridgehead atoms. The molecule has 0 radical (unpaired) electrons. The summed E-state index contributed by atoms with van der Waals surface area (Å²) in [6.45, 7) is 15.5. The molecule has 1 unspecified atom stereocenters. The maximum atomic E-state index is 3.57. The summed E-state index contributed by atoms with van der Waals surface area (Å²) in [6, 6.07) is 0. The predicted molar refractivity (Wildman–Crippen MR) is 76.4 cm³/mol. The molecule has 17 heavy (non-hydrogen) atoms. The smallest absolute Gasteiger partial charge is 0.0107 e. The van der Waals surface area contributed by atoms with Crippen molar-refractivity contribution < 1.29 is 0 Å². The van der Waals surface area contributed by atoms with Crippen LogP contribution in [0.25, 0.3) is 0 Å². The van der Waals surface area contributed by atoms with E-state index in [4.69, 9.17) is 0 Å². The van der Waals surface area contributed by atoms with Gasteiger partial charge in [0, 0.05) is 19.6 Å². The lowest BCUT2D eigenvalue weighted by molar-refractivity contribution is 0.310. The largest absolute Gasteiger partial charge is 0.315 e. The van der Waals surface area contributed by atoms with Gasteiger partial charge in [0.25, 0.3) is 0 Å². The monoisotopic (exact) mass is 240 g/mol. The molecule has 0 amide bonds. The van der Waals surface area contributed by atoms with Crippen LogP contribution in [0.15, 0.2) is 0 Å². The molecule has 1 fully saturated rings. The molecule has 1 rings (SSSR count). The third kappa shape index (κ3) is 7.05. The van der Waals surface area contributed by atoms with E-state index >= 15 is 0 Å². The molecule has 1 saturated heterocycles. The fourth-order valence-electron chi connectivity index (χ4n) is 2.59. The van der Waals surface area contributed by atoms with Crippen molar-refractivity contribution in [2.75, 3.05) is 32.7 Å². The van der Waals surface area contributed by atoms with Crippen molar-refractivity contribution in [3.05, 3.63) is 0 Å². The summed E-state index contributed by atoms with van der Waals surface area (Å²) >= 11 is 0. The molecule has 1 heterocycles. The minimum atomic E-state index is 0.465. The Morgan fingerprint density at radius 1 is 1.24 bits per heavy atom. The first-order chi connectivity index (χ1) is 8.01. The minimum absolute atomic E-state index is 0.465. The van der Waals surface area contributed by atoms with Crippen LogP contribution in [0.1, 0.15) is 53.4 Å². The van der Waals surface area contributed by atoms with Gasteiger partial charge in [-0.15, -0.1) is 0 Å². The van der Waals surface area contributed by atoms with Gasteiger partial charge in [-0.05, 0) is 43.7 Å². The topological polar surface area (TPSA) is 15.3 Å². The van der Waals surface area contributed by atoms with Crippen molar-refractivity contribution in [2.24, 2.45) is 11.3 Å². The third-order valence-electron chi connectivity index (χ3n) is 3.72. The van der Waals surface area contributed by atoms with Crippen molar-refractivity contribution in [3.63, 3.8) is 0 Å². The van der Waals surface area contributed by atoms with Crippen molar-refractivity contribution in [2.45, 2.75) is 53.4 Å². The standard InChI is InChI=1S/C15H32N2/c1-5-6-14-7-11-17(13-14)12-10-16-9-8-15(2,3)4/h14,16H,5-13H2,1-4H3. The molecule has 2 heteroatoms. The fraction of sp³-hybridized carbons (Fsp3) is 1.00. The molecule has 0 aromatic heterocycles. The van der Waals surface area contributed by atoms with E-state index in [-0.39, 0.29) is 0 Å². The highest BCUT2D eigenvalue weighted by Gasteiger charge is 2.20. The third-order valence-corrected chi connectivity index (χ3v) is 3.72. The van der Waals surface area contributed by atoms with Gasteiger partial charge < -0.3 is 10.2 Å². The Hall–Kier alpha value is -0.0800. The Morgan fingerprint density at radius 2 is 2.00 bits per heavy atom. The Morgan fingerprint density at radius 3 is 2.65 bits per heavy atom. The van der Waals surface area contributed by atoms with Crippen LogP contribution in [0.2, 0.25) is 0 Å². The zero-order valence-corrected chi connectivity index (χ0v) is 12.4. The number of hydrogen-bond donors (Lipinski definition) is 1. The number of likely N-dealkylation sites (tertiary alicyclic amines) is 1. The van der Waals surface area contributed by atoms with Crippen LogP contribution in [-0.2, 0) is 0 Å². The first-order valence-corrected chi connectivity index (χ1v) is 7.44. The second-order valence-corrected chi connectivity index (χ2v) is 6.80. The van der Waals surface area contributed by atoms with Gasteiger partial charge >= 0.3 is 0 Å². The molecule has 2 nitrogen and oxygen atoms in total. The van der Waals surface area contributed by atoms with Crippen LogP contribution in [0, 0.1) is 11.3 Å². The number of rotatable bonds is 7. The first-order valence-electron chi connectivity index (χ1n) is 7.44. The second-order valence-electron chi connectivity index (χ2n) is 6.80. The van der Waals surface area contributed by atoms with Crippen LogP contribution >= 0.6 is 0 Å². The highest BCUT2D eigenvalue weighted by atomic mass is 15.2. The zero-order valence-electron chi connectivity index (χ0n) is 12.4. The first kappa shape index (κ1) is 15.0. The Bertz CT molecular complexity index is 196. The van der Waals surface area contributed by atoms with Crippen LogP contribution in [-0.4, -0.2) is 37.6 Å². The molecule has 0 spiro atoms. The molecule has 102 valence electrons. The fourth-order valence-corrected chi connectivity index (χ4v) is 2.59. The van der Waals surface area contributed by atoms with Crippen molar-refractivity contribution >= 4 is 0 Å². The summed E-state index contributed by atoms with van der Waals surface area (Å²) in [6.07, 6.45) is 5.47. The molecule has 1 aliphatic heterocycles. The van der Waals surface area contributed by atoms with E-state index in [9.17, 15) is 0 Å². The summed E-state index contributed by atoms with van der Waals surface area (Å²) in [5.41, 5.74) is 0.465. The molecular weight excluding hydrogens is 208 g/mol. The quantitative estimate of drug-likeness (QED) is 0.688. The van der Waals surface area contributed by atoms with E-state index in [2.05, 4.69) is 37.9 Å². The van der Waals surface area contributed by atoms with Crippen LogP contribution in [0.5, 0.6) is 0 Å². The Balaban J connectivity index is 1.97. The summed E-state index contributed by atoms with van der Waals surface area (Å²) in [4.78, 5) is 2.63. The average molecular weight is 240 g/mol. The molecule has 0 saturated carbocycles. The van der Waals surface area contributed by atoms with Crippen LogP contribution in [0.3, 0.4) is 0 Å². The Labute approximate surface area is 108 Å². The van der Waals surface area contributed by atoms with Gasteiger partial charge in [-0.3, -0.25) is 0 Å². The average Bonchev–Trinajstić information content (AvgIpc) is 2.64. The van der Waals surface area contributed by atoms with E-state index in [0.29, 0.717) is 5.41 Å². The van der Waals surface area contributed by atoms with E-state index in [1.807, 2.05) is 0 Å². The molecule has 1 N–H and O–H groups in total. The zero-order chi connectivity index (χ0) is 12.7. The molecule has 0 aromatic carbocycles. The van der Waals surface area contributed by atoms with Gasteiger partial charge in [0.15, 0.2) is 0 Å².